The van der Waals surface area contributed by atoms with Crippen LogP contribution in [-0.4, -0.2) is 27.2 Å². The zero-order chi connectivity index (χ0) is 21.5. The molecule has 0 fully saturated rings. The normalized spacial score (nSPS) is 11.0. The second-order valence-electron chi connectivity index (χ2n) is 6.96. The molecule has 2 heterocycles. The van der Waals surface area contributed by atoms with Crippen LogP contribution in [0.3, 0.4) is 0 Å². The number of carbonyl (C=O) groups excluding carboxylic acids is 1. The molecule has 2 aromatic carbocycles. The SMILES string of the molecule is O=C(/C=C/c1cn(-c2ccccc2)nc1-c1cccnc1)NCCc1cccc(F)c1. The lowest BCUT2D eigenvalue weighted by molar-refractivity contribution is -0.116. The smallest absolute Gasteiger partial charge is 0.244 e. The fraction of sp³-hybridized carbons (Fsp3) is 0.0800. The van der Waals surface area contributed by atoms with E-state index in [9.17, 15) is 9.18 Å². The molecule has 0 aliphatic carbocycles. The van der Waals surface area contributed by atoms with E-state index < -0.39 is 0 Å². The molecule has 4 aromatic rings. The molecule has 0 atom stereocenters. The summed E-state index contributed by atoms with van der Waals surface area (Å²) in [7, 11) is 0. The van der Waals surface area contributed by atoms with Crippen LogP contribution in [0.25, 0.3) is 23.0 Å². The number of benzene rings is 2. The van der Waals surface area contributed by atoms with Crippen molar-refractivity contribution in [3.63, 3.8) is 0 Å². The van der Waals surface area contributed by atoms with Crippen LogP contribution < -0.4 is 5.32 Å². The van der Waals surface area contributed by atoms with Gasteiger partial charge in [-0.3, -0.25) is 9.78 Å². The van der Waals surface area contributed by atoms with Crippen LogP contribution in [0.2, 0.25) is 0 Å². The summed E-state index contributed by atoms with van der Waals surface area (Å²) >= 11 is 0. The number of aromatic nitrogens is 3. The maximum atomic E-state index is 13.3. The predicted octanol–water partition coefficient (Wildman–Crippen LogP) is 4.45. The number of rotatable bonds is 7. The van der Waals surface area contributed by atoms with E-state index in [4.69, 9.17) is 5.10 Å². The molecule has 0 aliphatic heterocycles. The van der Waals surface area contributed by atoms with Gasteiger partial charge in [0.15, 0.2) is 0 Å². The minimum atomic E-state index is -0.276. The Bertz CT molecular complexity index is 1190. The Morgan fingerprint density at radius 3 is 2.71 bits per heavy atom. The van der Waals surface area contributed by atoms with E-state index in [1.54, 1.807) is 29.2 Å². The summed E-state index contributed by atoms with van der Waals surface area (Å²) in [4.78, 5) is 16.5. The average Bonchev–Trinajstić information content (AvgIpc) is 3.23. The van der Waals surface area contributed by atoms with Gasteiger partial charge in [-0.25, -0.2) is 9.07 Å². The van der Waals surface area contributed by atoms with Crippen LogP contribution in [0.5, 0.6) is 0 Å². The molecule has 0 bridgehead atoms. The van der Waals surface area contributed by atoms with Gasteiger partial charge in [0.1, 0.15) is 11.5 Å². The number of para-hydroxylation sites is 1. The molecule has 31 heavy (non-hydrogen) atoms. The van der Waals surface area contributed by atoms with Crippen molar-refractivity contribution in [2.75, 3.05) is 6.54 Å². The fourth-order valence-electron chi connectivity index (χ4n) is 3.20. The first-order valence-corrected chi connectivity index (χ1v) is 9.95. The van der Waals surface area contributed by atoms with E-state index in [0.717, 1.165) is 28.1 Å². The molecule has 2 aromatic heterocycles. The van der Waals surface area contributed by atoms with Crippen molar-refractivity contribution >= 4 is 12.0 Å². The molecule has 1 N–H and O–H groups in total. The van der Waals surface area contributed by atoms with E-state index >= 15 is 0 Å². The second-order valence-corrected chi connectivity index (χ2v) is 6.96. The highest BCUT2D eigenvalue weighted by Gasteiger charge is 2.11. The Labute approximate surface area is 179 Å². The van der Waals surface area contributed by atoms with Gasteiger partial charge in [-0.1, -0.05) is 30.3 Å². The lowest BCUT2D eigenvalue weighted by Gasteiger charge is -2.03. The molecule has 0 unspecified atom stereocenters. The maximum absolute atomic E-state index is 13.3. The Hall–Kier alpha value is -4.06. The summed E-state index contributed by atoms with van der Waals surface area (Å²) in [5.41, 5.74) is 4.17. The third-order valence-electron chi connectivity index (χ3n) is 4.71. The van der Waals surface area contributed by atoms with Crippen molar-refractivity contribution in [3.05, 3.63) is 108 Å². The number of pyridine rings is 1. The Morgan fingerprint density at radius 1 is 1.06 bits per heavy atom. The first-order chi connectivity index (χ1) is 15.2. The third-order valence-corrected chi connectivity index (χ3v) is 4.71. The minimum absolute atomic E-state index is 0.221. The summed E-state index contributed by atoms with van der Waals surface area (Å²) in [5.74, 6) is -0.497. The molecule has 154 valence electrons. The van der Waals surface area contributed by atoms with Gasteiger partial charge in [0.05, 0.1) is 5.69 Å². The lowest BCUT2D eigenvalue weighted by Crippen LogP contribution is -2.23. The quantitative estimate of drug-likeness (QED) is 0.457. The largest absolute Gasteiger partial charge is 0.352 e. The van der Waals surface area contributed by atoms with Gasteiger partial charge in [0.2, 0.25) is 5.91 Å². The van der Waals surface area contributed by atoms with Crippen LogP contribution in [0.15, 0.2) is 91.4 Å². The van der Waals surface area contributed by atoms with Crippen molar-refractivity contribution < 1.29 is 9.18 Å². The van der Waals surface area contributed by atoms with Gasteiger partial charge in [0, 0.05) is 42.3 Å². The Morgan fingerprint density at radius 2 is 1.94 bits per heavy atom. The Kier molecular flexibility index (Phi) is 6.28. The number of nitrogens with zero attached hydrogens (tertiary/aromatic N) is 3. The van der Waals surface area contributed by atoms with Crippen LogP contribution in [0, 0.1) is 5.82 Å². The molecule has 1 amide bonds. The maximum Gasteiger partial charge on any atom is 0.244 e. The van der Waals surface area contributed by atoms with Gasteiger partial charge in [-0.2, -0.15) is 5.10 Å². The van der Waals surface area contributed by atoms with E-state index in [1.807, 2.05) is 54.7 Å². The summed E-state index contributed by atoms with van der Waals surface area (Å²) < 4.78 is 15.0. The molecular formula is C25H21FN4O. The van der Waals surface area contributed by atoms with Crippen molar-refractivity contribution in [2.24, 2.45) is 0 Å². The van der Waals surface area contributed by atoms with Crippen LogP contribution in [0.1, 0.15) is 11.1 Å². The zero-order valence-electron chi connectivity index (χ0n) is 16.8. The minimum Gasteiger partial charge on any atom is -0.352 e. The average molecular weight is 412 g/mol. The molecule has 0 radical (unpaired) electrons. The topological polar surface area (TPSA) is 59.8 Å². The van der Waals surface area contributed by atoms with Gasteiger partial charge in [0.25, 0.3) is 0 Å². The van der Waals surface area contributed by atoms with E-state index in [-0.39, 0.29) is 11.7 Å². The van der Waals surface area contributed by atoms with Gasteiger partial charge in [-0.05, 0) is 54.5 Å². The van der Waals surface area contributed by atoms with Crippen LogP contribution >= 0.6 is 0 Å². The monoisotopic (exact) mass is 412 g/mol. The number of halogens is 1. The van der Waals surface area contributed by atoms with Crippen molar-refractivity contribution in [3.8, 4) is 16.9 Å². The molecule has 4 rings (SSSR count). The molecule has 0 saturated carbocycles. The van der Waals surface area contributed by atoms with E-state index in [0.29, 0.717) is 13.0 Å². The highest BCUT2D eigenvalue weighted by atomic mass is 19.1. The standard InChI is InChI=1S/C25H21FN4O/c26-22-8-4-6-19(16-22)13-15-28-24(31)12-11-21-18-30(23-9-2-1-3-10-23)29-25(21)20-7-5-14-27-17-20/h1-12,14,16-18H,13,15H2,(H,28,31)/b12-11+. The summed E-state index contributed by atoms with van der Waals surface area (Å²) in [5, 5.41) is 7.53. The molecule has 0 spiro atoms. The highest BCUT2D eigenvalue weighted by molar-refractivity contribution is 5.92. The number of hydrogen-bond donors (Lipinski definition) is 1. The number of nitrogens with one attached hydrogen (secondary N) is 1. The second kappa shape index (κ2) is 9.63. The summed E-state index contributed by atoms with van der Waals surface area (Å²) in [6.45, 7) is 0.422. The first-order valence-electron chi connectivity index (χ1n) is 9.95. The first kappa shape index (κ1) is 20.2. The van der Waals surface area contributed by atoms with Gasteiger partial charge < -0.3 is 5.32 Å². The third kappa shape index (κ3) is 5.30. The molecule has 0 aliphatic rings. The van der Waals surface area contributed by atoms with Crippen LogP contribution in [-0.2, 0) is 11.2 Å². The summed E-state index contributed by atoms with van der Waals surface area (Å²) in [6.07, 6.45) is 9.12. The molecular weight excluding hydrogens is 391 g/mol. The van der Waals surface area contributed by atoms with Gasteiger partial charge in [-0.15, -0.1) is 0 Å². The Balaban J connectivity index is 1.49. The number of carbonyl (C=O) groups is 1. The van der Waals surface area contributed by atoms with E-state index in [2.05, 4.69) is 10.3 Å². The molecule has 0 saturated heterocycles. The zero-order valence-corrected chi connectivity index (χ0v) is 16.8. The van der Waals surface area contributed by atoms with Crippen LogP contribution in [0.4, 0.5) is 4.39 Å². The van der Waals surface area contributed by atoms with E-state index in [1.165, 1.54) is 18.2 Å². The molecule has 5 nitrogen and oxygen atoms in total. The fourth-order valence-corrected chi connectivity index (χ4v) is 3.20. The number of amides is 1. The summed E-state index contributed by atoms with van der Waals surface area (Å²) in [6, 6.07) is 19.9. The molecule has 6 heteroatoms. The highest BCUT2D eigenvalue weighted by Crippen LogP contribution is 2.24. The van der Waals surface area contributed by atoms with Gasteiger partial charge >= 0.3 is 0 Å². The van der Waals surface area contributed by atoms with Crippen molar-refractivity contribution in [2.45, 2.75) is 6.42 Å². The number of hydrogen-bond acceptors (Lipinski definition) is 3. The van der Waals surface area contributed by atoms with Crippen molar-refractivity contribution in [1.82, 2.24) is 20.1 Å². The lowest BCUT2D eigenvalue weighted by atomic mass is 10.1. The predicted molar refractivity (Wildman–Crippen MR) is 119 cm³/mol. The van der Waals surface area contributed by atoms with Crippen molar-refractivity contribution in [1.29, 1.82) is 0 Å².